The number of hydrogen-bond acceptors (Lipinski definition) is 2. The summed E-state index contributed by atoms with van der Waals surface area (Å²) in [5, 5.41) is 0. The van der Waals surface area contributed by atoms with Crippen LogP contribution in [0.15, 0.2) is 12.6 Å². The van der Waals surface area contributed by atoms with Gasteiger partial charge in [-0.3, -0.25) is 0 Å². The van der Waals surface area contributed by atoms with E-state index in [0.29, 0.717) is 5.82 Å². The van der Waals surface area contributed by atoms with Gasteiger partial charge >= 0.3 is 0 Å². The lowest BCUT2D eigenvalue weighted by Crippen LogP contribution is -2.17. The minimum Gasteiger partial charge on any atom is -0.384 e. The standard InChI is InChI=1S/C12H18N2/c1-6-9-8(2)7-10(13)14-11(9)12(3,4)5/h6-7H,1H2,2-5H3,(H2,13,14). The van der Waals surface area contributed by atoms with Crippen LogP contribution >= 0.6 is 0 Å². The number of pyridine rings is 1. The molecule has 0 fully saturated rings. The van der Waals surface area contributed by atoms with Crippen molar-refractivity contribution in [2.75, 3.05) is 5.73 Å². The van der Waals surface area contributed by atoms with Crippen LogP contribution in [0.1, 0.15) is 37.6 Å². The van der Waals surface area contributed by atoms with Crippen molar-refractivity contribution in [3.8, 4) is 0 Å². The van der Waals surface area contributed by atoms with E-state index in [0.717, 1.165) is 16.8 Å². The highest BCUT2D eigenvalue weighted by Crippen LogP contribution is 2.27. The Labute approximate surface area is 85.9 Å². The topological polar surface area (TPSA) is 38.9 Å². The summed E-state index contributed by atoms with van der Waals surface area (Å²) in [4.78, 5) is 4.38. The zero-order chi connectivity index (χ0) is 10.9. The van der Waals surface area contributed by atoms with Crippen LogP contribution in [-0.4, -0.2) is 4.98 Å². The normalized spacial score (nSPS) is 11.4. The van der Waals surface area contributed by atoms with Gasteiger partial charge in [0.2, 0.25) is 0 Å². The molecule has 1 aromatic rings. The lowest BCUT2D eigenvalue weighted by Gasteiger charge is -2.22. The summed E-state index contributed by atoms with van der Waals surface area (Å²) in [6.07, 6.45) is 1.85. The molecule has 0 aliphatic rings. The number of nitrogens with zero attached hydrogens (tertiary/aromatic N) is 1. The van der Waals surface area contributed by atoms with Gasteiger partial charge in [0.15, 0.2) is 0 Å². The molecular weight excluding hydrogens is 172 g/mol. The van der Waals surface area contributed by atoms with E-state index in [1.165, 1.54) is 0 Å². The van der Waals surface area contributed by atoms with E-state index in [1.54, 1.807) is 0 Å². The number of anilines is 1. The smallest absolute Gasteiger partial charge is 0.123 e. The number of nitrogen functional groups attached to an aromatic ring is 1. The van der Waals surface area contributed by atoms with Gasteiger partial charge in [-0.05, 0) is 24.1 Å². The first-order valence-electron chi connectivity index (χ1n) is 4.76. The van der Waals surface area contributed by atoms with E-state index < -0.39 is 0 Å². The van der Waals surface area contributed by atoms with E-state index in [2.05, 4.69) is 32.3 Å². The van der Waals surface area contributed by atoms with Gasteiger partial charge in [0.05, 0.1) is 5.69 Å². The van der Waals surface area contributed by atoms with Crippen molar-refractivity contribution in [2.45, 2.75) is 33.1 Å². The second kappa shape index (κ2) is 3.45. The molecule has 0 spiro atoms. The third-order valence-corrected chi connectivity index (χ3v) is 2.20. The summed E-state index contributed by atoms with van der Waals surface area (Å²) in [6, 6.07) is 1.88. The zero-order valence-electron chi connectivity index (χ0n) is 9.39. The van der Waals surface area contributed by atoms with Crippen molar-refractivity contribution in [1.29, 1.82) is 0 Å². The molecule has 0 aromatic carbocycles. The third-order valence-electron chi connectivity index (χ3n) is 2.20. The Morgan fingerprint density at radius 1 is 1.43 bits per heavy atom. The number of nitrogens with two attached hydrogens (primary N) is 1. The molecule has 0 saturated carbocycles. The molecule has 14 heavy (non-hydrogen) atoms. The van der Waals surface area contributed by atoms with Crippen molar-refractivity contribution in [3.05, 3.63) is 29.5 Å². The van der Waals surface area contributed by atoms with Gasteiger partial charge in [-0.15, -0.1) is 0 Å². The summed E-state index contributed by atoms with van der Waals surface area (Å²) in [6.45, 7) is 12.2. The first-order chi connectivity index (χ1) is 6.36. The Bertz CT molecular complexity index is 359. The Hall–Kier alpha value is -1.31. The van der Waals surface area contributed by atoms with Crippen LogP contribution in [0.25, 0.3) is 6.08 Å². The van der Waals surface area contributed by atoms with Gasteiger partial charge in [-0.1, -0.05) is 33.4 Å². The fourth-order valence-corrected chi connectivity index (χ4v) is 1.54. The molecule has 2 nitrogen and oxygen atoms in total. The number of aromatic nitrogens is 1. The van der Waals surface area contributed by atoms with Crippen LogP contribution in [0.2, 0.25) is 0 Å². The van der Waals surface area contributed by atoms with Gasteiger partial charge in [0, 0.05) is 5.41 Å². The summed E-state index contributed by atoms with van der Waals surface area (Å²) < 4.78 is 0. The van der Waals surface area contributed by atoms with E-state index in [-0.39, 0.29) is 5.41 Å². The highest BCUT2D eigenvalue weighted by Gasteiger charge is 2.20. The highest BCUT2D eigenvalue weighted by atomic mass is 14.9. The molecule has 0 aliphatic heterocycles. The molecule has 1 heterocycles. The third kappa shape index (κ3) is 1.95. The molecule has 2 heteroatoms. The number of rotatable bonds is 1. The molecule has 0 bridgehead atoms. The fraction of sp³-hybridized carbons (Fsp3) is 0.417. The molecule has 1 aromatic heterocycles. The SMILES string of the molecule is C=Cc1c(C)cc(N)nc1C(C)(C)C. The molecule has 0 atom stereocenters. The maximum Gasteiger partial charge on any atom is 0.123 e. The molecular formula is C12H18N2. The van der Waals surface area contributed by atoms with Crippen molar-refractivity contribution < 1.29 is 0 Å². The van der Waals surface area contributed by atoms with Gasteiger partial charge in [-0.2, -0.15) is 0 Å². The first kappa shape index (κ1) is 10.8. The van der Waals surface area contributed by atoms with Crippen molar-refractivity contribution in [3.63, 3.8) is 0 Å². The quantitative estimate of drug-likeness (QED) is 0.739. The van der Waals surface area contributed by atoms with Crippen LogP contribution < -0.4 is 5.73 Å². The van der Waals surface area contributed by atoms with E-state index in [9.17, 15) is 0 Å². The van der Waals surface area contributed by atoms with Gasteiger partial charge in [-0.25, -0.2) is 4.98 Å². The second-order valence-electron chi connectivity index (χ2n) is 4.58. The molecule has 2 N–H and O–H groups in total. The van der Waals surface area contributed by atoms with Crippen molar-refractivity contribution in [1.82, 2.24) is 4.98 Å². The summed E-state index contributed by atoms with van der Waals surface area (Å²) >= 11 is 0. The second-order valence-corrected chi connectivity index (χ2v) is 4.58. The minimum atomic E-state index is 0.00363. The Balaban J connectivity index is 3.48. The highest BCUT2D eigenvalue weighted by molar-refractivity contribution is 5.58. The molecule has 0 radical (unpaired) electrons. The Morgan fingerprint density at radius 3 is 2.43 bits per heavy atom. The molecule has 0 saturated heterocycles. The molecule has 0 unspecified atom stereocenters. The molecule has 0 aliphatic carbocycles. The average molecular weight is 190 g/mol. The van der Waals surface area contributed by atoms with Gasteiger partial charge < -0.3 is 5.73 Å². The molecule has 76 valence electrons. The van der Waals surface area contributed by atoms with Crippen LogP contribution in [-0.2, 0) is 5.41 Å². The maximum atomic E-state index is 5.73. The van der Waals surface area contributed by atoms with E-state index in [1.807, 2.05) is 19.1 Å². The van der Waals surface area contributed by atoms with Crippen LogP contribution in [0.3, 0.4) is 0 Å². The van der Waals surface area contributed by atoms with E-state index >= 15 is 0 Å². The maximum absolute atomic E-state index is 5.73. The van der Waals surface area contributed by atoms with Crippen LogP contribution in [0.4, 0.5) is 5.82 Å². The van der Waals surface area contributed by atoms with Crippen LogP contribution in [0, 0.1) is 6.92 Å². The van der Waals surface area contributed by atoms with Crippen LogP contribution in [0.5, 0.6) is 0 Å². The molecule has 0 amide bonds. The molecule has 1 rings (SSSR count). The Kier molecular flexibility index (Phi) is 2.65. The minimum absolute atomic E-state index is 0.00363. The zero-order valence-corrected chi connectivity index (χ0v) is 9.39. The predicted octanol–water partition coefficient (Wildman–Crippen LogP) is 2.91. The lowest BCUT2D eigenvalue weighted by atomic mass is 9.87. The largest absolute Gasteiger partial charge is 0.384 e. The monoisotopic (exact) mass is 190 g/mol. The summed E-state index contributed by atoms with van der Waals surface area (Å²) in [5.41, 5.74) is 9.00. The summed E-state index contributed by atoms with van der Waals surface area (Å²) in [5.74, 6) is 0.582. The number of hydrogen-bond donors (Lipinski definition) is 1. The number of aryl methyl sites for hydroxylation is 1. The Morgan fingerprint density at radius 2 is 2.00 bits per heavy atom. The fourth-order valence-electron chi connectivity index (χ4n) is 1.54. The van der Waals surface area contributed by atoms with Gasteiger partial charge in [0.25, 0.3) is 0 Å². The van der Waals surface area contributed by atoms with Crippen molar-refractivity contribution in [2.24, 2.45) is 0 Å². The van der Waals surface area contributed by atoms with Crippen molar-refractivity contribution >= 4 is 11.9 Å². The van der Waals surface area contributed by atoms with E-state index in [4.69, 9.17) is 5.73 Å². The predicted molar refractivity (Wildman–Crippen MR) is 62.2 cm³/mol. The first-order valence-corrected chi connectivity index (χ1v) is 4.76. The summed E-state index contributed by atoms with van der Waals surface area (Å²) in [7, 11) is 0. The lowest BCUT2D eigenvalue weighted by molar-refractivity contribution is 0.568. The average Bonchev–Trinajstić information content (AvgIpc) is 2.01. The van der Waals surface area contributed by atoms with Gasteiger partial charge in [0.1, 0.15) is 5.82 Å².